The van der Waals surface area contributed by atoms with Crippen LogP contribution in [-0.4, -0.2) is 25.8 Å². The first-order valence-electron chi connectivity index (χ1n) is 6.21. The van der Waals surface area contributed by atoms with E-state index in [2.05, 4.69) is 10.4 Å². The van der Waals surface area contributed by atoms with Gasteiger partial charge >= 0.3 is 5.97 Å². The van der Waals surface area contributed by atoms with Crippen molar-refractivity contribution in [2.45, 2.75) is 19.9 Å². The molecule has 0 bridgehead atoms. The van der Waals surface area contributed by atoms with Crippen LogP contribution in [-0.2, 0) is 0 Å². The van der Waals surface area contributed by atoms with E-state index in [-0.39, 0.29) is 23.0 Å². The third-order valence-corrected chi connectivity index (χ3v) is 2.85. The molecule has 8 heteroatoms. The van der Waals surface area contributed by atoms with Crippen molar-refractivity contribution >= 4 is 23.0 Å². The van der Waals surface area contributed by atoms with Crippen LogP contribution < -0.4 is 5.32 Å². The van der Waals surface area contributed by atoms with E-state index in [0.29, 0.717) is 5.69 Å². The predicted octanol–water partition coefficient (Wildman–Crippen LogP) is 2.81. The number of anilines is 2. The van der Waals surface area contributed by atoms with Gasteiger partial charge in [0.15, 0.2) is 0 Å². The number of aromatic carboxylic acids is 1. The van der Waals surface area contributed by atoms with Crippen molar-refractivity contribution < 1.29 is 14.8 Å². The van der Waals surface area contributed by atoms with Crippen molar-refractivity contribution in [3.8, 4) is 0 Å². The number of rotatable bonds is 5. The minimum atomic E-state index is -1.15. The highest BCUT2D eigenvalue weighted by molar-refractivity contribution is 5.90. The van der Waals surface area contributed by atoms with E-state index in [1.165, 1.54) is 24.4 Å². The number of carboxylic acid groups (broad SMARTS) is 1. The van der Waals surface area contributed by atoms with Gasteiger partial charge in [-0.1, -0.05) is 0 Å². The van der Waals surface area contributed by atoms with E-state index < -0.39 is 10.9 Å². The van der Waals surface area contributed by atoms with Crippen LogP contribution >= 0.6 is 0 Å². The van der Waals surface area contributed by atoms with Gasteiger partial charge in [0.25, 0.3) is 5.69 Å². The lowest BCUT2D eigenvalue weighted by atomic mass is 10.1. The van der Waals surface area contributed by atoms with Gasteiger partial charge in [-0.3, -0.25) is 14.8 Å². The summed E-state index contributed by atoms with van der Waals surface area (Å²) in [6, 6.07) is 3.75. The summed E-state index contributed by atoms with van der Waals surface area (Å²) in [7, 11) is 0. The van der Waals surface area contributed by atoms with Gasteiger partial charge in [0.1, 0.15) is 5.69 Å². The minimum Gasteiger partial charge on any atom is -0.478 e. The monoisotopic (exact) mass is 290 g/mol. The summed E-state index contributed by atoms with van der Waals surface area (Å²) in [6.07, 6.45) is 3.22. The molecular formula is C13H14N4O4. The lowest BCUT2D eigenvalue weighted by molar-refractivity contribution is -0.383. The molecule has 2 rings (SSSR count). The molecule has 2 N–H and O–H groups in total. The molecule has 0 atom stereocenters. The fraction of sp³-hybridized carbons (Fsp3) is 0.231. The van der Waals surface area contributed by atoms with Crippen LogP contribution in [0.2, 0.25) is 0 Å². The van der Waals surface area contributed by atoms with Crippen molar-refractivity contribution in [1.29, 1.82) is 0 Å². The van der Waals surface area contributed by atoms with Gasteiger partial charge in [0.05, 0.1) is 22.4 Å². The number of nitrogens with one attached hydrogen (secondary N) is 1. The summed E-state index contributed by atoms with van der Waals surface area (Å²) in [5.74, 6) is -1.15. The Labute approximate surface area is 120 Å². The molecule has 1 aromatic heterocycles. The highest BCUT2D eigenvalue weighted by Crippen LogP contribution is 2.28. The predicted molar refractivity (Wildman–Crippen MR) is 76.0 cm³/mol. The summed E-state index contributed by atoms with van der Waals surface area (Å²) < 4.78 is 1.69. The molecule has 0 fully saturated rings. The second kappa shape index (κ2) is 5.61. The minimum absolute atomic E-state index is 0.0284. The van der Waals surface area contributed by atoms with E-state index in [4.69, 9.17) is 5.11 Å². The topological polar surface area (TPSA) is 110 Å². The maximum absolute atomic E-state index is 11.0. The Morgan fingerprint density at radius 3 is 2.71 bits per heavy atom. The smallest absolute Gasteiger partial charge is 0.335 e. The van der Waals surface area contributed by atoms with Gasteiger partial charge in [-0.25, -0.2) is 4.79 Å². The molecule has 0 unspecified atom stereocenters. The number of carboxylic acids is 1. The maximum atomic E-state index is 11.0. The van der Waals surface area contributed by atoms with Gasteiger partial charge in [-0.05, 0) is 26.0 Å². The highest BCUT2D eigenvalue weighted by Gasteiger charge is 2.17. The average molecular weight is 290 g/mol. The number of aromatic nitrogens is 2. The van der Waals surface area contributed by atoms with Crippen molar-refractivity contribution in [1.82, 2.24) is 9.78 Å². The lowest BCUT2D eigenvalue weighted by Crippen LogP contribution is -2.02. The van der Waals surface area contributed by atoms with Gasteiger partial charge < -0.3 is 10.4 Å². The average Bonchev–Trinajstić information content (AvgIpc) is 2.87. The summed E-state index contributed by atoms with van der Waals surface area (Å²) in [6.45, 7) is 3.90. The molecule has 21 heavy (non-hydrogen) atoms. The maximum Gasteiger partial charge on any atom is 0.335 e. The van der Waals surface area contributed by atoms with Crippen molar-refractivity contribution in [2.75, 3.05) is 5.32 Å². The fourth-order valence-corrected chi connectivity index (χ4v) is 1.77. The number of hydrogen-bond donors (Lipinski definition) is 2. The molecule has 0 aliphatic rings. The van der Waals surface area contributed by atoms with E-state index in [1.807, 2.05) is 13.8 Å². The van der Waals surface area contributed by atoms with Gasteiger partial charge in [0.2, 0.25) is 0 Å². The Morgan fingerprint density at radius 2 is 2.19 bits per heavy atom. The molecule has 1 heterocycles. The standard InChI is InChI=1S/C13H14N4O4/c1-8(2)16-7-10(6-14-16)15-11-5-9(13(18)19)3-4-12(11)17(20)21/h3-8,15H,1-2H3,(H,18,19). The van der Waals surface area contributed by atoms with Crippen LogP contribution in [0, 0.1) is 10.1 Å². The van der Waals surface area contributed by atoms with Gasteiger partial charge in [-0.15, -0.1) is 0 Å². The van der Waals surface area contributed by atoms with Crippen LogP contribution in [0.25, 0.3) is 0 Å². The van der Waals surface area contributed by atoms with Crippen LogP contribution in [0.5, 0.6) is 0 Å². The zero-order chi connectivity index (χ0) is 15.6. The number of nitrogens with zero attached hydrogens (tertiary/aromatic N) is 3. The summed E-state index contributed by atoms with van der Waals surface area (Å²) >= 11 is 0. The Bertz CT molecular complexity index is 693. The third kappa shape index (κ3) is 3.16. The number of carbonyl (C=O) groups is 1. The number of nitro benzene ring substituents is 1. The zero-order valence-corrected chi connectivity index (χ0v) is 11.5. The Balaban J connectivity index is 2.38. The molecular weight excluding hydrogens is 276 g/mol. The number of nitro groups is 1. The zero-order valence-electron chi connectivity index (χ0n) is 11.5. The van der Waals surface area contributed by atoms with E-state index in [0.717, 1.165) is 0 Å². The van der Waals surface area contributed by atoms with Crippen LogP contribution in [0.1, 0.15) is 30.2 Å². The number of hydrogen-bond acceptors (Lipinski definition) is 5. The Morgan fingerprint density at radius 1 is 1.48 bits per heavy atom. The Hall–Kier alpha value is -2.90. The van der Waals surface area contributed by atoms with Crippen molar-refractivity contribution in [2.24, 2.45) is 0 Å². The van der Waals surface area contributed by atoms with E-state index in [1.54, 1.807) is 10.9 Å². The third-order valence-electron chi connectivity index (χ3n) is 2.85. The SMILES string of the molecule is CC(C)n1cc(Nc2cc(C(=O)O)ccc2[N+](=O)[O-])cn1. The molecule has 8 nitrogen and oxygen atoms in total. The lowest BCUT2D eigenvalue weighted by Gasteiger charge is -2.06. The van der Waals surface area contributed by atoms with Gasteiger partial charge in [0, 0.05) is 18.3 Å². The molecule has 0 spiro atoms. The van der Waals surface area contributed by atoms with E-state index >= 15 is 0 Å². The number of benzene rings is 1. The molecule has 0 saturated carbocycles. The molecule has 110 valence electrons. The van der Waals surface area contributed by atoms with Crippen molar-refractivity contribution in [3.63, 3.8) is 0 Å². The molecule has 0 saturated heterocycles. The molecule has 1 aromatic carbocycles. The molecule has 0 aliphatic carbocycles. The Kier molecular flexibility index (Phi) is 3.88. The first kappa shape index (κ1) is 14.5. The van der Waals surface area contributed by atoms with Crippen LogP contribution in [0.15, 0.2) is 30.6 Å². The second-order valence-corrected chi connectivity index (χ2v) is 4.72. The normalized spacial score (nSPS) is 10.6. The van der Waals surface area contributed by atoms with E-state index in [9.17, 15) is 14.9 Å². The van der Waals surface area contributed by atoms with Crippen LogP contribution in [0.4, 0.5) is 17.1 Å². The second-order valence-electron chi connectivity index (χ2n) is 4.72. The first-order chi connectivity index (χ1) is 9.88. The van der Waals surface area contributed by atoms with Crippen LogP contribution in [0.3, 0.4) is 0 Å². The molecule has 0 aliphatic heterocycles. The fourth-order valence-electron chi connectivity index (χ4n) is 1.77. The molecule has 0 amide bonds. The first-order valence-corrected chi connectivity index (χ1v) is 6.21. The summed E-state index contributed by atoms with van der Waals surface area (Å²) in [5.41, 5.74) is 0.439. The highest BCUT2D eigenvalue weighted by atomic mass is 16.6. The van der Waals surface area contributed by atoms with Gasteiger partial charge in [-0.2, -0.15) is 5.10 Å². The molecule has 2 aromatic rings. The van der Waals surface area contributed by atoms with Crippen molar-refractivity contribution in [3.05, 3.63) is 46.3 Å². The summed E-state index contributed by atoms with van der Waals surface area (Å²) in [5, 5.41) is 26.9. The quantitative estimate of drug-likeness (QED) is 0.647. The summed E-state index contributed by atoms with van der Waals surface area (Å²) in [4.78, 5) is 21.4. The molecule has 0 radical (unpaired) electrons. The largest absolute Gasteiger partial charge is 0.478 e.